The lowest BCUT2D eigenvalue weighted by Gasteiger charge is -2.28. The molecule has 0 radical (unpaired) electrons. The van der Waals surface area contributed by atoms with Crippen molar-refractivity contribution in [2.75, 3.05) is 6.54 Å². The smallest absolute Gasteiger partial charge is 0.258 e. The average Bonchev–Trinajstić information content (AvgIpc) is 3.56. The number of rotatable bonds is 8. The van der Waals surface area contributed by atoms with E-state index in [-0.39, 0.29) is 17.7 Å². The first-order valence-electron chi connectivity index (χ1n) is 12.2. The molecule has 1 aliphatic heterocycles. The molecule has 5 heteroatoms. The van der Waals surface area contributed by atoms with Crippen molar-refractivity contribution >= 4 is 11.7 Å². The van der Waals surface area contributed by atoms with Crippen molar-refractivity contribution in [3.05, 3.63) is 81.9 Å². The van der Waals surface area contributed by atoms with E-state index in [0.717, 1.165) is 36.6 Å². The van der Waals surface area contributed by atoms with Gasteiger partial charge in [-0.05, 0) is 74.1 Å². The maximum absolute atomic E-state index is 12.9. The van der Waals surface area contributed by atoms with Crippen molar-refractivity contribution in [2.45, 2.75) is 59.3 Å². The van der Waals surface area contributed by atoms with E-state index in [1.165, 1.54) is 29.5 Å². The zero-order chi connectivity index (χ0) is 23.5. The van der Waals surface area contributed by atoms with Crippen molar-refractivity contribution in [2.24, 2.45) is 11.8 Å². The first-order valence-corrected chi connectivity index (χ1v) is 12.2. The first kappa shape index (κ1) is 23.1. The molecule has 1 aromatic carbocycles. The van der Waals surface area contributed by atoms with Crippen molar-refractivity contribution in [3.63, 3.8) is 0 Å². The topological polar surface area (TPSA) is 77.0 Å². The maximum Gasteiger partial charge on any atom is 0.258 e. The molecule has 2 atom stereocenters. The largest absolute Gasteiger partial charge is 0.391 e. The summed E-state index contributed by atoms with van der Waals surface area (Å²) < 4.78 is 0. The first-order chi connectivity index (χ1) is 15.9. The van der Waals surface area contributed by atoms with Crippen molar-refractivity contribution in [1.29, 1.82) is 5.41 Å². The van der Waals surface area contributed by atoms with E-state index >= 15 is 0 Å². The molecule has 2 fully saturated rings. The highest BCUT2D eigenvalue weighted by Gasteiger charge is 2.35. The Kier molecular flexibility index (Phi) is 6.87. The minimum Gasteiger partial charge on any atom is -0.391 e. The number of carbonyl (C=O) groups excluding carboxylic acids is 1. The van der Waals surface area contributed by atoms with Crippen LogP contribution in [0.25, 0.3) is 0 Å². The fraction of sp³-hybridized carbons (Fsp3) is 0.429. The molecule has 0 aromatic heterocycles. The second-order valence-electron chi connectivity index (χ2n) is 9.48. The van der Waals surface area contributed by atoms with Crippen LogP contribution >= 0.6 is 0 Å². The summed E-state index contributed by atoms with van der Waals surface area (Å²) in [6.45, 7) is 9.40. The van der Waals surface area contributed by atoms with Crippen LogP contribution in [0.3, 0.4) is 0 Å². The minimum atomic E-state index is -0.101. The number of aryl methyl sites for hydroxylation is 2. The van der Waals surface area contributed by atoms with Crippen LogP contribution in [-0.2, 0) is 11.2 Å². The Labute approximate surface area is 197 Å². The number of fused-ring (bicyclic) bond motifs is 1. The number of amides is 1. The fourth-order valence-electron chi connectivity index (χ4n) is 4.77. The summed E-state index contributed by atoms with van der Waals surface area (Å²) in [6.07, 6.45) is 12.6. The molecule has 1 aromatic rings. The summed E-state index contributed by atoms with van der Waals surface area (Å²) in [5.74, 6) is 1.51. The van der Waals surface area contributed by atoms with Crippen LogP contribution in [0.4, 0.5) is 0 Å². The van der Waals surface area contributed by atoms with Gasteiger partial charge in [0.2, 0.25) is 0 Å². The Balaban J connectivity index is 1.60. The summed E-state index contributed by atoms with van der Waals surface area (Å²) in [5.41, 5.74) is 7.14. The molecule has 3 aliphatic rings. The van der Waals surface area contributed by atoms with Crippen LogP contribution in [0.2, 0.25) is 0 Å². The van der Waals surface area contributed by atoms with Crippen LogP contribution in [0.15, 0.2) is 65.2 Å². The Morgan fingerprint density at radius 2 is 2.03 bits per heavy atom. The van der Waals surface area contributed by atoms with Gasteiger partial charge in [0, 0.05) is 35.6 Å². The number of carbonyl (C=O) groups is 1. The number of hydrogen-bond donors (Lipinski definition) is 4. The van der Waals surface area contributed by atoms with Crippen LogP contribution < -0.4 is 16.0 Å². The highest BCUT2D eigenvalue weighted by Crippen LogP contribution is 2.42. The van der Waals surface area contributed by atoms with Gasteiger partial charge in [0.15, 0.2) is 0 Å². The van der Waals surface area contributed by atoms with Crippen LogP contribution in [0.1, 0.15) is 62.6 Å². The molecule has 2 aliphatic carbocycles. The molecule has 33 heavy (non-hydrogen) atoms. The molecule has 2 unspecified atom stereocenters. The molecule has 1 heterocycles. The summed E-state index contributed by atoms with van der Waals surface area (Å²) in [7, 11) is 0. The maximum atomic E-state index is 12.9. The van der Waals surface area contributed by atoms with Gasteiger partial charge >= 0.3 is 0 Å². The fourth-order valence-corrected chi connectivity index (χ4v) is 4.77. The van der Waals surface area contributed by atoms with E-state index in [0.29, 0.717) is 17.2 Å². The normalized spacial score (nSPS) is 23.6. The predicted octanol–water partition coefficient (Wildman–Crippen LogP) is 4.98. The lowest BCUT2D eigenvalue weighted by Crippen LogP contribution is -2.23. The van der Waals surface area contributed by atoms with Gasteiger partial charge < -0.3 is 16.0 Å². The lowest BCUT2D eigenvalue weighted by atomic mass is 9.76. The second kappa shape index (κ2) is 9.82. The van der Waals surface area contributed by atoms with E-state index in [9.17, 15) is 4.79 Å². The minimum absolute atomic E-state index is 0.101. The van der Waals surface area contributed by atoms with Gasteiger partial charge in [-0.2, -0.15) is 0 Å². The Bertz CT molecular complexity index is 1070. The second-order valence-corrected chi connectivity index (χ2v) is 9.48. The molecular formula is C28H36N4O. The number of nitrogens with one attached hydrogen (secondary N) is 4. The lowest BCUT2D eigenvalue weighted by molar-refractivity contribution is -0.115. The van der Waals surface area contributed by atoms with E-state index in [1.807, 2.05) is 13.1 Å². The number of amidine groups is 1. The summed E-state index contributed by atoms with van der Waals surface area (Å²) in [5, 5.41) is 17.7. The van der Waals surface area contributed by atoms with Crippen LogP contribution in [0, 0.1) is 24.2 Å². The van der Waals surface area contributed by atoms with Crippen molar-refractivity contribution in [1.82, 2.24) is 16.0 Å². The predicted molar refractivity (Wildman–Crippen MR) is 135 cm³/mol. The molecule has 1 saturated heterocycles. The van der Waals surface area contributed by atoms with Gasteiger partial charge in [-0.25, -0.2) is 0 Å². The molecule has 4 rings (SSSR count). The van der Waals surface area contributed by atoms with Crippen LogP contribution in [0.5, 0.6) is 0 Å². The van der Waals surface area contributed by atoms with Gasteiger partial charge in [0.1, 0.15) is 5.84 Å². The Morgan fingerprint density at radius 1 is 1.24 bits per heavy atom. The van der Waals surface area contributed by atoms with E-state index in [4.69, 9.17) is 5.41 Å². The molecule has 5 nitrogen and oxygen atoms in total. The third kappa shape index (κ3) is 5.13. The highest BCUT2D eigenvalue weighted by molar-refractivity contribution is 6.06. The molecular weight excluding hydrogens is 408 g/mol. The highest BCUT2D eigenvalue weighted by atomic mass is 16.2. The van der Waals surface area contributed by atoms with Gasteiger partial charge in [0.25, 0.3) is 5.91 Å². The van der Waals surface area contributed by atoms with E-state index in [1.54, 1.807) is 6.08 Å². The molecule has 1 saturated carbocycles. The standard InChI is InChI=1S/C28H36N4O/c1-5-19-8-7-17(3)22(13-19)23-15-24-25(14-21(23)6-2)32-28(33)27(24)18(4)31-26(29)11-12-30-16-20-9-10-20/h7-8,11-15,20-21,23,30H,5-6,9-10,16H2,1-4H3,(H2,29,31)(H,32,33)/b12-11-,27-18-. The quantitative estimate of drug-likeness (QED) is 0.260. The number of allylic oxidation sites excluding steroid dienone is 4. The summed E-state index contributed by atoms with van der Waals surface area (Å²) >= 11 is 0. The van der Waals surface area contributed by atoms with Gasteiger partial charge in [0.05, 0.1) is 5.57 Å². The van der Waals surface area contributed by atoms with Gasteiger partial charge in [-0.15, -0.1) is 0 Å². The van der Waals surface area contributed by atoms with E-state index in [2.05, 4.69) is 67.1 Å². The van der Waals surface area contributed by atoms with Gasteiger partial charge in [-0.3, -0.25) is 10.2 Å². The SMILES string of the molecule is CCc1ccc(C)c(C2C=C3C(=CC2CC)NC(=O)/C3=C(/C)NC(=N)/C=C\NCC2CC2)c1. The molecule has 0 spiro atoms. The zero-order valence-electron chi connectivity index (χ0n) is 20.2. The van der Waals surface area contributed by atoms with Crippen LogP contribution in [-0.4, -0.2) is 18.3 Å². The zero-order valence-corrected chi connectivity index (χ0v) is 20.2. The summed E-state index contributed by atoms with van der Waals surface area (Å²) in [4.78, 5) is 12.9. The van der Waals surface area contributed by atoms with Crippen molar-refractivity contribution in [3.8, 4) is 0 Å². The molecule has 1 amide bonds. The Hall–Kier alpha value is -3.08. The molecule has 4 N–H and O–H groups in total. The van der Waals surface area contributed by atoms with Gasteiger partial charge in [-0.1, -0.05) is 44.2 Å². The van der Waals surface area contributed by atoms with E-state index < -0.39 is 0 Å². The third-order valence-electron chi connectivity index (χ3n) is 6.97. The monoisotopic (exact) mass is 444 g/mol. The molecule has 174 valence electrons. The van der Waals surface area contributed by atoms with Crippen molar-refractivity contribution < 1.29 is 4.79 Å². The number of benzene rings is 1. The average molecular weight is 445 g/mol. The Morgan fingerprint density at radius 3 is 2.73 bits per heavy atom. The molecule has 0 bridgehead atoms. The third-order valence-corrected chi connectivity index (χ3v) is 6.97. The number of hydrogen-bond acceptors (Lipinski definition) is 3. The summed E-state index contributed by atoms with van der Waals surface area (Å²) in [6, 6.07) is 6.74.